The van der Waals surface area contributed by atoms with Gasteiger partial charge in [0.2, 0.25) is 0 Å². The SMILES string of the molecule is CCOC(=O)COc1cc2c(cnn2COCC[Si](C)(C)C)cc1C1=CCC(OC[C@@H]2C(C(=O)O)CC[C@H]2OCc2ccccc2)CC1. The molecule has 0 amide bonds. The highest BCUT2D eigenvalue weighted by Gasteiger charge is 2.41. The highest BCUT2D eigenvalue weighted by atomic mass is 28.3. The van der Waals surface area contributed by atoms with Gasteiger partial charge >= 0.3 is 11.9 Å². The molecule has 3 aromatic rings. The van der Waals surface area contributed by atoms with Gasteiger partial charge in [0.05, 0.1) is 49.7 Å². The van der Waals surface area contributed by atoms with Crippen molar-refractivity contribution in [1.82, 2.24) is 9.78 Å². The van der Waals surface area contributed by atoms with Gasteiger partial charge in [-0.15, -0.1) is 0 Å². The zero-order valence-electron chi connectivity index (χ0n) is 28.7. The molecule has 0 bridgehead atoms. The summed E-state index contributed by atoms with van der Waals surface area (Å²) in [5, 5.41) is 15.4. The first-order valence-electron chi connectivity index (χ1n) is 17.2. The molecule has 2 aliphatic carbocycles. The molecule has 1 N–H and O–H groups in total. The number of aromatic nitrogens is 2. The van der Waals surface area contributed by atoms with Crippen LogP contribution in [-0.4, -0.2) is 73.5 Å². The van der Waals surface area contributed by atoms with E-state index in [1.165, 1.54) is 0 Å². The number of ether oxygens (including phenoxy) is 5. The van der Waals surface area contributed by atoms with E-state index in [1.807, 2.05) is 47.3 Å². The fourth-order valence-electron chi connectivity index (χ4n) is 6.45. The van der Waals surface area contributed by atoms with Crippen LogP contribution in [0.15, 0.2) is 54.7 Å². The number of benzene rings is 2. The topological polar surface area (TPSA) is 118 Å². The number of carboxylic acids is 1. The third kappa shape index (κ3) is 9.78. The second kappa shape index (κ2) is 16.7. The van der Waals surface area contributed by atoms with E-state index < -0.39 is 25.9 Å². The van der Waals surface area contributed by atoms with Crippen LogP contribution < -0.4 is 4.74 Å². The molecule has 2 unspecified atom stereocenters. The molecular formula is C37H50N2O8Si. The summed E-state index contributed by atoms with van der Waals surface area (Å²) in [5.41, 5.74) is 3.98. The van der Waals surface area contributed by atoms with Crippen LogP contribution in [0, 0.1) is 11.8 Å². The van der Waals surface area contributed by atoms with Crippen molar-refractivity contribution < 1.29 is 38.4 Å². The molecule has 0 spiro atoms. The van der Waals surface area contributed by atoms with Gasteiger partial charge in [0.15, 0.2) is 6.61 Å². The number of hydrogen-bond donors (Lipinski definition) is 1. The van der Waals surface area contributed by atoms with Crippen molar-refractivity contribution in [3.05, 3.63) is 65.9 Å². The molecule has 4 atom stereocenters. The van der Waals surface area contributed by atoms with Crippen LogP contribution in [0.25, 0.3) is 16.5 Å². The minimum atomic E-state index is -1.20. The summed E-state index contributed by atoms with van der Waals surface area (Å²) in [4.78, 5) is 24.3. The fraction of sp³-hybridized carbons (Fsp3) is 0.541. The first-order valence-corrected chi connectivity index (χ1v) is 20.9. The van der Waals surface area contributed by atoms with Crippen LogP contribution in [0.5, 0.6) is 5.75 Å². The molecule has 260 valence electrons. The molecule has 2 aromatic carbocycles. The summed E-state index contributed by atoms with van der Waals surface area (Å²) in [7, 11) is -1.20. The van der Waals surface area contributed by atoms with Gasteiger partial charge in [-0.25, -0.2) is 9.48 Å². The van der Waals surface area contributed by atoms with E-state index in [-0.39, 0.29) is 31.3 Å². The van der Waals surface area contributed by atoms with Crippen LogP contribution in [-0.2, 0) is 41.9 Å². The number of carboxylic acid groups (broad SMARTS) is 1. The number of allylic oxidation sites excluding steroid dienone is 1. The normalized spacial score (nSPS) is 21.3. The molecule has 2 aliphatic rings. The van der Waals surface area contributed by atoms with Gasteiger partial charge in [0.1, 0.15) is 12.5 Å². The summed E-state index contributed by atoms with van der Waals surface area (Å²) < 4.78 is 31.6. The van der Waals surface area contributed by atoms with Crippen LogP contribution in [0.4, 0.5) is 0 Å². The van der Waals surface area contributed by atoms with E-state index in [9.17, 15) is 14.7 Å². The van der Waals surface area contributed by atoms with E-state index in [4.69, 9.17) is 23.7 Å². The van der Waals surface area contributed by atoms with Gasteiger partial charge in [-0.3, -0.25) is 4.79 Å². The maximum Gasteiger partial charge on any atom is 0.344 e. The van der Waals surface area contributed by atoms with Crippen molar-refractivity contribution in [3.63, 3.8) is 0 Å². The molecule has 0 radical (unpaired) electrons. The van der Waals surface area contributed by atoms with Gasteiger partial charge in [0, 0.05) is 37.6 Å². The van der Waals surface area contributed by atoms with Crippen molar-refractivity contribution in [2.45, 2.75) is 90.3 Å². The van der Waals surface area contributed by atoms with Gasteiger partial charge in [-0.05, 0) is 62.3 Å². The first-order chi connectivity index (χ1) is 23.1. The van der Waals surface area contributed by atoms with Gasteiger partial charge in [-0.1, -0.05) is 56.0 Å². The summed E-state index contributed by atoms with van der Waals surface area (Å²) in [6.07, 6.45) is 7.35. The summed E-state index contributed by atoms with van der Waals surface area (Å²) in [6, 6.07) is 15.0. The van der Waals surface area contributed by atoms with E-state index in [1.54, 1.807) is 6.92 Å². The standard InChI is InChI=1S/C37H50N2O8Si/c1-5-44-36(40)24-47-35-20-33-28(21-38-39(33)25-43-17-18-48(2,3)4)19-31(35)27-11-13-29(14-12-27)45-23-32-30(37(41)42)15-16-34(32)46-22-26-9-7-6-8-10-26/h6-11,19-21,29-30,32,34H,5,12-18,22-25H2,1-4H3,(H,41,42)/t29?,30?,32-,34-/m1/s1. The molecule has 0 saturated heterocycles. The number of carbonyl (C=O) groups is 2. The number of hydrogen-bond acceptors (Lipinski definition) is 8. The van der Waals surface area contributed by atoms with E-state index in [2.05, 4.69) is 36.9 Å². The number of carbonyl (C=O) groups excluding carboxylic acids is 1. The molecule has 0 aliphatic heterocycles. The van der Waals surface area contributed by atoms with Crippen LogP contribution in [0.1, 0.15) is 50.2 Å². The largest absolute Gasteiger partial charge is 0.481 e. The lowest BCUT2D eigenvalue weighted by molar-refractivity contribution is -0.146. The number of esters is 1. The Morgan fingerprint density at radius 1 is 1.06 bits per heavy atom. The van der Waals surface area contributed by atoms with E-state index >= 15 is 0 Å². The van der Waals surface area contributed by atoms with Gasteiger partial charge in [-0.2, -0.15) is 5.10 Å². The maximum atomic E-state index is 12.2. The number of fused-ring (bicyclic) bond motifs is 1. The molecule has 1 aromatic heterocycles. The van der Waals surface area contributed by atoms with Crippen LogP contribution in [0.2, 0.25) is 25.7 Å². The molecule has 1 heterocycles. The second-order valence-corrected chi connectivity index (χ2v) is 19.6. The number of nitrogens with zero attached hydrogens (tertiary/aromatic N) is 2. The third-order valence-corrected chi connectivity index (χ3v) is 10.9. The monoisotopic (exact) mass is 678 g/mol. The van der Waals surface area contributed by atoms with Crippen molar-refractivity contribution in [1.29, 1.82) is 0 Å². The van der Waals surface area contributed by atoms with E-state index in [0.717, 1.165) is 46.5 Å². The number of rotatable bonds is 17. The Labute approximate surface area is 284 Å². The lowest BCUT2D eigenvalue weighted by atomic mass is 9.90. The summed E-state index contributed by atoms with van der Waals surface area (Å²) >= 11 is 0. The maximum absolute atomic E-state index is 12.2. The predicted octanol–water partition coefficient (Wildman–Crippen LogP) is 6.94. The van der Waals surface area contributed by atoms with Crippen LogP contribution in [0.3, 0.4) is 0 Å². The first kappa shape index (κ1) is 35.8. The van der Waals surface area contributed by atoms with E-state index in [0.29, 0.717) is 51.6 Å². The minimum Gasteiger partial charge on any atom is -0.481 e. The van der Waals surface area contributed by atoms with Crippen molar-refractivity contribution >= 4 is 36.5 Å². The molecule has 5 rings (SSSR count). The highest BCUT2D eigenvalue weighted by molar-refractivity contribution is 6.76. The Morgan fingerprint density at radius 2 is 1.88 bits per heavy atom. The zero-order valence-corrected chi connectivity index (χ0v) is 29.7. The quantitative estimate of drug-likeness (QED) is 0.0920. The van der Waals surface area contributed by atoms with Gasteiger partial charge in [0.25, 0.3) is 0 Å². The molecule has 10 nitrogen and oxygen atoms in total. The molecule has 1 saturated carbocycles. The number of aliphatic carboxylic acids is 1. The highest BCUT2D eigenvalue weighted by Crippen LogP contribution is 2.39. The molecule has 48 heavy (non-hydrogen) atoms. The lowest BCUT2D eigenvalue weighted by Gasteiger charge is -2.28. The molecule has 1 fully saturated rings. The summed E-state index contributed by atoms with van der Waals surface area (Å²) in [6.45, 7) is 10.7. The minimum absolute atomic E-state index is 0.0257. The average molecular weight is 679 g/mol. The second-order valence-electron chi connectivity index (χ2n) is 14.0. The Kier molecular flexibility index (Phi) is 12.5. The Balaban J connectivity index is 1.25. The Morgan fingerprint density at radius 3 is 2.58 bits per heavy atom. The fourth-order valence-corrected chi connectivity index (χ4v) is 7.20. The Hall–Kier alpha value is -3.51. The average Bonchev–Trinajstić information content (AvgIpc) is 3.67. The predicted molar refractivity (Wildman–Crippen MR) is 186 cm³/mol. The van der Waals surface area contributed by atoms with Crippen molar-refractivity contribution in [3.8, 4) is 5.75 Å². The zero-order chi connectivity index (χ0) is 34.1. The van der Waals surface area contributed by atoms with Crippen molar-refractivity contribution in [2.75, 3.05) is 26.4 Å². The van der Waals surface area contributed by atoms with Crippen LogP contribution >= 0.6 is 0 Å². The van der Waals surface area contributed by atoms with Gasteiger partial charge < -0.3 is 28.8 Å². The van der Waals surface area contributed by atoms with Crippen molar-refractivity contribution in [2.24, 2.45) is 11.8 Å². The molecular weight excluding hydrogens is 628 g/mol. The smallest absolute Gasteiger partial charge is 0.344 e. The Bertz CT molecular complexity index is 1550. The lowest BCUT2D eigenvalue weighted by Crippen LogP contribution is -2.32. The summed E-state index contributed by atoms with van der Waals surface area (Å²) in [5.74, 6) is -1.28. The molecule has 11 heteroatoms. The third-order valence-electron chi connectivity index (χ3n) is 9.22.